The van der Waals surface area contributed by atoms with Crippen LogP contribution < -0.4 is 5.73 Å². The predicted octanol–water partition coefficient (Wildman–Crippen LogP) is 0.347. The van der Waals surface area contributed by atoms with Crippen LogP contribution in [-0.2, 0) is 11.2 Å². The molecule has 4 nitrogen and oxygen atoms in total. The summed E-state index contributed by atoms with van der Waals surface area (Å²) in [7, 11) is 0. The molecule has 0 radical (unpaired) electrons. The van der Waals surface area contributed by atoms with E-state index in [-0.39, 0.29) is 18.2 Å². The van der Waals surface area contributed by atoms with E-state index < -0.39 is 12.0 Å². The molecule has 1 aromatic rings. The molecule has 1 rings (SSSR count). The Balaban J connectivity index is 2.78. The number of aliphatic carboxylic acids is 1. The molecule has 0 bridgehead atoms. The molecule has 0 saturated carbocycles. The van der Waals surface area contributed by atoms with E-state index in [1.807, 2.05) is 0 Å². The summed E-state index contributed by atoms with van der Waals surface area (Å²) in [6, 6.07) is 3.31. The summed E-state index contributed by atoms with van der Waals surface area (Å²) < 4.78 is 7.27. The molecule has 0 aliphatic rings. The Labute approximate surface area is 77.0 Å². The third-order valence-corrected chi connectivity index (χ3v) is 1.63. The number of hydrogen-bond acceptors (Lipinski definition) is 3. The second kappa shape index (κ2) is 3.91. The van der Waals surface area contributed by atoms with E-state index in [1.165, 1.54) is 12.1 Å². The van der Waals surface area contributed by atoms with Crippen LogP contribution in [0.4, 0.5) is 0 Å². The highest BCUT2D eigenvalue weighted by molar-refractivity contribution is 5.73. The zero-order valence-electron chi connectivity index (χ0n) is 7.90. The lowest BCUT2D eigenvalue weighted by molar-refractivity contribution is -0.138. The molecule has 70 valence electrons. The largest absolute Gasteiger partial charge is 0.508 e. The molecule has 0 aliphatic heterocycles. The van der Waals surface area contributed by atoms with Crippen molar-refractivity contribution in [3.05, 3.63) is 29.8 Å². The highest BCUT2D eigenvalue weighted by atomic mass is 16.4. The van der Waals surface area contributed by atoms with E-state index in [1.54, 1.807) is 6.07 Å². The van der Waals surface area contributed by atoms with Gasteiger partial charge in [0, 0.05) is 0 Å². The molecule has 0 unspecified atom stereocenters. The van der Waals surface area contributed by atoms with Crippen LogP contribution in [0.1, 0.15) is 6.93 Å². The topological polar surface area (TPSA) is 83.6 Å². The second-order valence-electron chi connectivity index (χ2n) is 2.73. The normalized spacial score (nSPS) is 13.5. The summed E-state index contributed by atoms with van der Waals surface area (Å²) in [5.74, 6) is -1.21. The van der Waals surface area contributed by atoms with Gasteiger partial charge < -0.3 is 15.9 Å². The van der Waals surface area contributed by atoms with Gasteiger partial charge in [-0.05, 0) is 24.1 Å². The van der Waals surface area contributed by atoms with Crippen molar-refractivity contribution in [2.24, 2.45) is 5.73 Å². The first kappa shape index (κ1) is 8.07. The summed E-state index contributed by atoms with van der Waals surface area (Å²) in [5, 5.41) is 17.6. The van der Waals surface area contributed by atoms with Crippen LogP contribution in [-0.4, -0.2) is 22.2 Å². The maximum absolute atomic E-state index is 10.4. The van der Waals surface area contributed by atoms with Gasteiger partial charge in [0.1, 0.15) is 11.8 Å². The summed E-state index contributed by atoms with van der Waals surface area (Å²) in [6.07, 6.45) is 0.154. The third-order valence-electron chi connectivity index (χ3n) is 1.63. The predicted molar refractivity (Wildman–Crippen MR) is 47.4 cm³/mol. The van der Waals surface area contributed by atoms with Gasteiger partial charge >= 0.3 is 5.97 Å². The van der Waals surface area contributed by atoms with Crippen molar-refractivity contribution in [2.75, 3.05) is 0 Å². The van der Waals surface area contributed by atoms with Crippen LogP contribution in [0.5, 0.6) is 5.75 Å². The summed E-state index contributed by atoms with van der Waals surface area (Å²) in [5.41, 5.74) is 5.94. The molecule has 13 heavy (non-hydrogen) atoms. The number of aromatic hydroxyl groups is 1. The van der Waals surface area contributed by atoms with Gasteiger partial charge in [-0.2, -0.15) is 0 Å². The molecule has 0 aliphatic carbocycles. The van der Waals surface area contributed by atoms with E-state index in [2.05, 4.69) is 0 Å². The molecule has 0 spiro atoms. The first-order valence-corrected chi connectivity index (χ1v) is 3.77. The first-order chi connectivity index (χ1) is 6.50. The molecular formula is C9H11NO3. The Morgan fingerprint density at radius 3 is 2.85 bits per heavy atom. The minimum atomic E-state index is -1.08. The number of carbonyl (C=O) groups is 1. The molecule has 1 atom stereocenters. The molecular weight excluding hydrogens is 170 g/mol. The van der Waals surface area contributed by atoms with Crippen molar-refractivity contribution in [1.82, 2.24) is 0 Å². The number of carboxylic acids is 1. The van der Waals surface area contributed by atoms with Crippen molar-refractivity contribution in [3.8, 4) is 5.75 Å². The summed E-state index contributed by atoms with van der Waals surface area (Å²) >= 11 is 0. The van der Waals surface area contributed by atoms with E-state index in [0.717, 1.165) is 0 Å². The maximum Gasteiger partial charge on any atom is 0.320 e. The highest BCUT2D eigenvalue weighted by Crippen LogP contribution is 2.10. The van der Waals surface area contributed by atoms with E-state index in [4.69, 9.17) is 17.3 Å². The number of nitrogens with two attached hydrogens (primary N) is 1. The molecule has 0 amide bonds. The monoisotopic (exact) mass is 183 g/mol. The van der Waals surface area contributed by atoms with E-state index in [9.17, 15) is 4.79 Å². The number of carboxylic acid groups (broad SMARTS) is 1. The maximum atomic E-state index is 10.4. The third kappa shape index (κ3) is 2.76. The number of rotatable bonds is 3. The van der Waals surface area contributed by atoms with Gasteiger partial charge in [-0.15, -0.1) is 0 Å². The van der Waals surface area contributed by atoms with Crippen molar-refractivity contribution in [1.29, 1.82) is 0 Å². The van der Waals surface area contributed by atoms with E-state index >= 15 is 0 Å². The van der Waals surface area contributed by atoms with E-state index in [0.29, 0.717) is 5.56 Å². The lowest BCUT2D eigenvalue weighted by Gasteiger charge is -2.05. The summed E-state index contributed by atoms with van der Waals surface area (Å²) in [4.78, 5) is 10.4. The van der Waals surface area contributed by atoms with Crippen LogP contribution in [0.15, 0.2) is 24.2 Å². The average molecular weight is 183 g/mol. The quantitative estimate of drug-likeness (QED) is 0.631. The van der Waals surface area contributed by atoms with Crippen molar-refractivity contribution >= 4 is 5.97 Å². The molecule has 0 aromatic heterocycles. The molecule has 0 saturated heterocycles. The van der Waals surface area contributed by atoms with Crippen molar-refractivity contribution < 1.29 is 16.4 Å². The summed E-state index contributed by atoms with van der Waals surface area (Å²) in [6.45, 7) is 0. The van der Waals surface area contributed by atoms with Gasteiger partial charge in [0.25, 0.3) is 0 Å². The molecule has 0 fully saturated rings. The molecule has 4 heteroatoms. The first-order valence-electron chi connectivity index (χ1n) is 4.27. The van der Waals surface area contributed by atoms with Gasteiger partial charge in [-0.3, -0.25) is 4.79 Å². The number of hydrogen-bond donors (Lipinski definition) is 3. The van der Waals surface area contributed by atoms with Gasteiger partial charge in [-0.25, -0.2) is 0 Å². The molecule has 0 heterocycles. The number of phenolic OH excluding ortho intramolecular Hbond substituents is 1. The second-order valence-corrected chi connectivity index (χ2v) is 2.73. The fourth-order valence-electron chi connectivity index (χ4n) is 0.917. The smallest absolute Gasteiger partial charge is 0.320 e. The standard InChI is InChI=1S/C9H11NO3/c10-8(9(12)13)5-6-1-3-7(11)4-2-6/h1-4,8,11H,5,10H2,(H,12,13)/t8-/m0/s1/i3T. The zero-order valence-corrected chi connectivity index (χ0v) is 6.90. The average Bonchev–Trinajstić information content (AvgIpc) is 2.11. The zero-order chi connectivity index (χ0) is 10.7. The lowest BCUT2D eigenvalue weighted by atomic mass is 10.1. The Hall–Kier alpha value is -1.55. The van der Waals surface area contributed by atoms with Crippen molar-refractivity contribution in [2.45, 2.75) is 12.5 Å². The minimum Gasteiger partial charge on any atom is -0.508 e. The SMILES string of the molecule is [3H]c1cc(C[C@H](N)C(=O)O)ccc1O. The Bertz CT molecular complexity index is 354. The Morgan fingerprint density at radius 2 is 2.31 bits per heavy atom. The van der Waals surface area contributed by atoms with Crippen LogP contribution in [0.3, 0.4) is 0 Å². The van der Waals surface area contributed by atoms with Crippen LogP contribution in [0.25, 0.3) is 0 Å². The fraction of sp³-hybridized carbons (Fsp3) is 0.222. The van der Waals surface area contributed by atoms with Gasteiger partial charge in [-0.1, -0.05) is 12.1 Å². The van der Waals surface area contributed by atoms with Gasteiger partial charge in [0.05, 0.1) is 1.37 Å². The Kier molecular flexibility index (Phi) is 2.43. The van der Waals surface area contributed by atoms with Gasteiger partial charge in [0.2, 0.25) is 0 Å². The van der Waals surface area contributed by atoms with Crippen LogP contribution >= 0.6 is 0 Å². The van der Waals surface area contributed by atoms with Crippen molar-refractivity contribution in [3.63, 3.8) is 0 Å². The minimum absolute atomic E-state index is 0.0277. The lowest BCUT2D eigenvalue weighted by Crippen LogP contribution is -2.32. The van der Waals surface area contributed by atoms with Crippen LogP contribution in [0.2, 0.25) is 0 Å². The van der Waals surface area contributed by atoms with Gasteiger partial charge in [0.15, 0.2) is 0 Å². The Morgan fingerprint density at radius 1 is 1.62 bits per heavy atom. The fourth-order valence-corrected chi connectivity index (χ4v) is 0.917. The molecule has 1 aromatic carbocycles. The van der Waals surface area contributed by atoms with Crippen LogP contribution in [0, 0.1) is 0 Å². The molecule has 4 N–H and O–H groups in total. The number of benzene rings is 1. The number of phenols is 1. The highest BCUT2D eigenvalue weighted by Gasteiger charge is 2.11.